The van der Waals surface area contributed by atoms with Crippen molar-refractivity contribution in [2.45, 2.75) is 32.5 Å². The zero-order valence-electron chi connectivity index (χ0n) is 26.1. The molecule has 17 heteroatoms. The minimum atomic E-state index is -4.60. The Balaban J connectivity index is 1.38. The number of nitrogens with one attached hydrogen (secondary N) is 1. The fourth-order valence-corrected chi connectivity index (χ4v) is 6.27. The maximum absolute atomic E-state index is 14.1. The lowest BCUT2D eigenvalue weighted by Crippen LogP contribution is -2.50. The molecule has 0 spiro atoms. The van der Waals surface area contributed by atoms with Crippen molar-refractivity contribution in [3.63, 3.8) is 0 Å². The SMILES string of the molecule is CCc1c(N2CCN(c3c(O)c(=O)ccn3C)CC2)c(=O)n2nc(C3=CCOCC3)nc2n1CC(=O)Nc1ccc(C(F)(F)F)cc1Cl. The molecule has 3 aromatic heterocycles. The van der Waals surface area contributed by atoms with E-state index in [4.69, 9.17) is 16.3 Å². The Morgan fingerprint density at radius 2 is 1.85 bits per heavy atom. The van der Waals surface area contributed by atoms with E-state index in [1.807, 2.05) is 22.8 Å². The summed E-state index contributed by atoms with van der Waals surface area (Å²) in [6.45, 7) is 3.73. The first-order valence-electron chi connectivity index (χ1n) is 15.2. The highest BCUT2D eigenvalue weighted by Crippen LogP contribution is 2.34. The molecule has 13 nitrogen and oxygen atoms in total. The third-order valence-electron chi connectivity index (χ3n) is 8.41. The number of fused-ring (bicyclic) bond motifs is 1. The number of carbonyl (C=O) groups excluding carboxylic acids is 1. The van der Waals surface area contributed by atoms with Gasteiger partial charge in [0.05, 0.1) is 35.2 Å². The Morgan fingerprint density at radius 3 is 2.50 bits per heavy atom. The number of halogens is 4. The van der Waals surface area contributed by atoms with Crippen LogP contribution in [0.4, 0.5) is 30.4 Å². The lowest BCUT2D eigenvalue weighted by Gasteiger charge is -2.38. The summed E-state index contributed by atoms with van der Waals surface area (Å²) in [6, 6.07) is 3.94. The van der Waals surface area contributed by atoms with Crippen molar-refractivity contribution < 1.29 is 27.8 Å². The third-order valence-corrected chi connectivity index (χ3v) is 8.72. The predicted molar refractivity (Wildman–Crippen MR) is 173 cm³/mol. The molecule has 0 bridgehead atoms. The van der Waals surface area contributed by atoms with E-state index in [0.717, 1.165) is 28.3 Å². The molecule has 6 rings (SSSR count). The molecular weight excluding hydrogens is 657 g/mol. The van der Waals surface area contributed by atoms with Gasteiger partial charge in [0.25, 0.3) is 5.56 Å². The molecule has 1 fully saturated rings. The molecular formula is C31H32ClF3N8O5. The summed E-state index contributed by atoms with van der Waals surface area (Å²) in [4.78, 5) is 48.2. The van der Waals surface area contributed by atoms with Gasteiger partial charge in [0, 0.05) is 45.5 Å². The average Bonchev–Trinajstić information content (AvgIpc) is 3.52. The van der Waals surface area contributed by atoms with Crippen molar-refractivity contribution in [2.24, 2.45) is 7.05 Å². The van der Waals surface area contributed by atoms with E-state index in [0.29, 0.717) is 75.3 Å². The van der Waals surface area contributed by atoms with Gasteiger partial charge in [-0.3, -0.25) is 14.4 Å². The first-order valence-corrected chi connectivity index (χ1v) is 15.6. The summed E-state index contributed by atoms with van der Waals surface area (Å²) in [5.41, 5.74) is -0.275. The Hall–Kier alpha value is -4.83. The van der Waals surface area contributed by atoms with Gasteiger partial charge >= 0.3 is 6.18 Å². The van der Waals surface area contributed by atoms with Crippen LogP contribution in [0.1, 0.15) is 30.4 Å². The highest BCUT2D eigenvalue weighted by molar-refractivity contribution is 6.33. The van der Waals surface area contributed by atoms with Gasteiger partial charge in [-0.2, -0.15) is 22.7 Å². The number of nitrogens with zero attached hydrogens (tertiary/aromatic N) is 7. The van der Waals surface area contributed by atoms with Crippen LogP contribution in [0, 0.1) is 0 Å². The minimum absolute atomic E-state index is 0.00536. The fourth-order valence-electron chi connectivity index (χ4n) is 6.04. The van der Waals surface area contributed by atoms with Crippen LogP contribution in [-0.2, 0) is 35.7 Å². The van der Waals surface area contributed by atoms with Crippen molar-refractivity contribution in [2.75, 3.05) is 54.5 Å². The van der Waals surface area contributed by atoms with E-state index in [1.54, 1.807) is 22.4 Å². The van der Waals surface area contributed by atoms with Gasteiger partial charge in [-0.1, -0.05) is 24.6 Å². The van der Waals surface area contributed by atoms with E-state index in [2.05, 4.69) is 15.4 Å². The highest BCUT2D eigenvalue weighted by Gasteiger charge is 2.32. The Morgan fingerprint density at radius 1 is 1.12 bits per heavy atom. The van der Waals surface area contributed by atoms with Crippen LogP contribution < -0.4 is 26.1 Å². The van der Waals surface area contributed by atoms with Gasteiger partial charge in [-0.25, -0.2) is 0 Å². The van der Waals surface area contributed by atoms with Crippen LogP contribution in [0.25, 0.3) is 11.4 Å². The summed E-state index contributed by atoms with van der Waals surface area (Å²) in [5, 5.41) is 17.3. The molecule has 1 amide bonds. The maximum atomic E-state index is 14.1. The van der Waals surface area contributed by atoms with Crippen molar-refractivity contribution in [1.82, 2.24) is 23.7 Å². The zero-order chi connectivity index (χ0) is 34.3. The van der Waals surface area contributed by atoms with Gasteiger partial charge in [0.2, 0.25) is 22.9 Å². The van der Waals surface area contributed by atoms with E-state index >= 15 is 0 Å². The molecule has 0 unspecified atom stereocenters. The molecule has 2 N–H and O–H groups in total. The van der Waals surface area contributed by atoms with Gasteiger partial charge in [-0.05, 0) is 36.6 Å². The number of pyridine rings is 1. The normalized spacial score (nSPS) is 15.6. The van der Waals surface area contributed by atoms with E-state index < -0.39 is 28.6 Å². The van der Waals surface area contributed by atoms with E-state index in [9.17, 15) is 32.7 Å². The van der Waals surface area contributed by atoms with Gasteiger partial charge in [0.15, 0.2) is 11.6 Å². The van der Waals surface area contributed by atoms with Crippen molar-refractivity contribution in [3.8, 4) is 5.75 Å². The van der Waals surface area contributed by atoms with E-state index in [-0.39, 0.29) is 28.8 Å². The summed E-state index contributed by atoms with van der Waals surface area (Å²) < 4.78 is 49.3. The van der Waals surface area contributed by atoms with Crippen LogP contribution in [0.3, 0.4) is 0 Å². The zero-order valence-corrected chi connectivity index (χ0v) is 26.8. The molecule has 0 aliphatic carbocycles. The number of aryl methyl sites for hydroxylation is 1. The Labute approximate surface area is 276 Å². The van der Waals surface area contributed by atoms with Crippen LogP contribution in [0.15, 0.2) is 46.1 Å². The number of amides is 1. The molecule has 2 aliphatic heterocycles. The average molecular weight is 689 g/mol. The van der Waals surface area contributed by atoms with Crippen LogP contribution >= 0.6 is 11.6 Å². The molecule has 0 radical (unpaired) electrons. The number of anilines is 3. The summed E-state index contributed by atoms with van der Waals surface area (Å²) in [6.07, 6.45) is -0.343. The van der Waals surface area contributed by atoms with Gasteiger partial charge in [-0.15, -0.1) is 5.10 Å². The first-order chi connectivity index (χ1) is 22.9. The summed E-state index contributed by atoms with van der Waals surface area (Å²) in [5.74, 6) is -0.152. The quantitative estimate of drug-likeness (QED) is 0.300. The van der Waals surface area contributed by atoms with Gasteiger partial charge < -0.3 is 34.1 Å². The van der Waals surface area contributed by atoms with Crippen molar-refractivity contribution in [3.05, 3.63) is 79.2 Å². The molecule has 48 heavy (non-hydrogen) atoms. The standard InChI is InChI=1S/C31H32ClF3N8O5/c1-3-22-25(40-10-12-41(13-11-40)28-26(46)23(44)6-9-39(28)2)29(47)43-30(37-27(38-43)18-7-14-48-15-8-18)42(22)17-24(45)36-21-5-4-19(16-20(21)32)31(33,34)35/h4-7,9,16,46H,3,8,10-15,17H2,1-2H3,(H,36,45). The number of alkyl halides is 3. The number of hydrogen-bond donors (Lipinski definition) is 2. The number of piperazine rings is 1. The second kappa shape index (κ2) is 13.0. The van der Waals surface area contributed by atoms with Crippen molar-refractivity contribution >= 4 is 46.1 Å². The second-order valence-electron chi connectivity index (χ2n) is 11.4. The number of rotatable bonds is 7. The predicted octanol–water partition coefficient (Wildman–Crippen LogP) is 3.30. The molecule has 254 valence electrons. The summed E-state index contributed by atoms with van der Waals surface area (Å²) >= 11 is 6.11. The lowest BCUT2D eigenvalue weighted by molar-refractivity contribution is -0.137. The number of ether oxygens (including phenoxy) is 1. The number of aromatic hydroxyl groups is 1. The second-order valence-corrected chi connectivity index (χ2v) is 11.8. The Bertz CT molecular complexity index is 2050. The smallest absolute Gasteiger partial charge is 0.416 e. The fraction of sp³-hybridized carbons (Fsp3) is 0.387. The third kappa shape index (κ3) is 6.24. The number of benzene rings is 1. The largest absolute Gasteiger partial charge is 0.502 e. The summed E-state index contributed by atoms with van der Waals surface area (Å²) in [7, 11) is 1.72. The molecule has 0 saturated carbocycles. The minimum Gasteiger partial charge on any atom is -0.502 e. The first kappa shape index (κ1) is 33.1. The van der Waals surface area contributed by atoms with Crippen LogP contribution in [-0.4, -0.2) is 74.1 Å². The monoisotopic (exact) mass is 688 g/mol. The molecule has 5 heterocycles. The Kier molecular flexibility index (Phi) is 8.96. The maximum Gasteiger partial charge on any atom is 0.416 e. The molecule has 1 saturated heterocycles. The lowest BCUT2D eigenvalue weighted by atomic mass is 10.1. The molecule has 1 aromatic carbocycles. The number of carbonyl (C=O) groups is 1. The van der Waals surface area contributed by atoms with Gasteiger partial charge in [0.1, 0.15) is 12.2 Å². The number of aromatic nitrogens is 5. The highest BCUT2D eigenvalue weighted by atomic mass is 35.5. The van der Waals surface area contributed by atoms with Crippen molar-refractivity contribution in [1.29, 1.82) is 0 Å². The number of hydrogen-bond acceptors (Lipinski definition) is 9. The van der Waals surface area contributed by atoms with Crippen LogP contribution in [0.5, 0.6) is 5.75 Å². The van der Waals surface area contributed by atoms with Crippen LogP contribution in [0.2, 0.25) is 5.02 Å². The molecule has 0 atom stereocenters. The molecule has 4 aromatic rings. The van der Waals surface area contributed by atoms with E-state index in [1.165, 1.54) is 6.07 Å². The topological polar surface area (TPSA) is 139 Å². The molecule has 2 aliphatic rings.